The third-order valence-corrected chi connectivity index (χ3v) is 3.20. The molecule has 23 heavy (non-hydrogen) atoms. The van der Waals surface area contributed by atoms with E-state index in [1.807, 2.05) is 6.07 Å². The van der Waals surface area contributed by atoms with Crippen LogP contribution in [0.15, 0.2) is 53.1 Å². The van der Waals surface area contributed by atoms with Crippen molar-refractivity contribution in [2.45, 2.75) is 13.3 Å². The fraction of sp³-hybridized carbons (Fsp3) is 0.118. The van der Waals surface area contributed by atoms with Crippen LogP contribution in [0.2, 0.25) is 0 Å². The lowest BCUT2D eigenvalue weighted by Gasteiger charge is -2.06. The van der Waals surface area contributed by atoms with Gasteiger partial charge in [0.25, 0.3) is 5.89 Å². The highest BCUT2D eigenvalue weighted by Crippen LogP contribution is 2.21. The molecule has 0 unspecified atom stereocenters. The van der Waals surface area contributed by atoms with E-state index < -0.39 is 0 Å². The largest absolute Gasteiger partial charge is 0.334 e. The molecule has 1 aromatic heterocycles. The number of anilines is 1. The number of aryl methyl sites for hydroxylation is 1. The Balaban J connectivity index is 1.70. The van der Waals surface area contributed by atoms with Crippen LogP contribution in [0.4, 0.5) is 10.1 Å². The fourth-order valence-electron chi connectivity index (χ4n) is 2.14. The third kappa shape index (κ3) is 3.79. The van der Waals surface area contributed by atoms with Gasteiger partial charge in [-0.2, -0.15) is 4.98 Å². The second-order valence-electron chi connectivity index (χ2n) is 5.08. The summed E-state index contributed by atoms with van der Waals surface area (Å²) in [5.74, 6) is 0.440. The third-order valence-electron chi connectivity index (χ3n) is 3.20. The second-order valence-corrected chi connectivity index (χ2v) is 5.08. The highest BCUT2D eigenvalue weighted by molar-refractivity contribution is 5.92. The van der Waals surface area contributed by atoms with Crippen molar-refractivity contribution in [1.29, 1.82) is 0 Å². The topological polar surface area (TPSA) is 68.0 Å². The minimum Gasteiger partial charge on any atom is -0.334 e. The van der Waals surface area contributed by atoms with Crippen LogP contribution in [0.5, 0.6) is 0 Å². The highest BCUT2D eigenvalue weighted by Gasteiger charge is 2.09. The number of halogens is 1. The van der Waals surface area contributed by atoms with E-state index in [2.05, 4.69) is 15.5 Å². The Morgan fingerprint density at radius 2 is 2.00 bits per heavy atom. The first-order chi connectivity index (χ1) is 11.1. The molecule has 1 amide bonds. The second kappa shape index (κ2) is 6.39. The maximum absolute atomic E-state index is 12.9. The summed E-state index contributed by atoms with van der Waals surface area (Å²) in [7, 11) is 0. The average molecular weight is 311 g/mol. The van der Waals surface area contributed by atoms with Gasteiger partial charge in [-0.05, 0) is 42.8 Å². The van der Waals surface area contributed by atoms with Gasteiger partial charge in [0.2, 0.25) is 5.91 Å². The molecule has 5 nitrogen and oxygen atoms in total. The molecule has 1 N–H and O–H groups in total. The van der Waals surface area contributed by atoms with E-state index in [1.54, 1.807) is 37.3 Å². The molecule has 2 aromatic carbocycles. The van der Waals surface area contributed by atoms with E-state index in [9.17, 15) is 9.18 Å². The van der Waals surface area contributed by atoms with E-state index in [4.69, 9.17) is 4.52 Å². The van der Waals surface area contributed by atoms with Crippen molar-refractivity contribution in [2.75, 3.05) is 5.32 Å². The summed E-state index contributed by atoms with van der Waals surface area (Å²) in [6.07, 6.45) is 0.171. The molecule has 0 radical (unpaired) electrons. The molecular weight excluding hydrogens is 297 g/mol. The lowest BCUT2D eigenvalue weighted by molar-refractivity contribution is -0.115. The van der Waals surface area contributed by atoms with Crippen LogP contribution >= 0.6 is 0 Å². The van der Waals surface area contributed by atoms with Gasteiger partial charge in [-0.3, -0.25) is 4.79 Å². The fourth-order valence-corrected chi connectivity index (χ4v) is 2.14. The van der Waals surface area contributed by atoms with Crippen LogP contribution < -0.4 is 5.32 Å². The maximum atomic E-state index is 12.9. The van der Waals surface area contributed by atoms with Crippen molar-refractivity contribution in [1.82, 2.24) is 10.1 Å². The van der Waals surface area contributed by atoms with Crippen molar-refractivity contribution in [2.24, 2.45) is 0 Å². The quantitative estimate of drug-likeness (QED) is 0.802. The maximum Gasteiger partial charge on any atom is 0.257 e. The molecule has 0 fully saturated rings. The van der Waals surface area contributed by atoms with Crippen molar-refractivity contribution in [3.63, 3.8) is 0 Å². The minimum absolute atomic E-state index is 0.171. The molecule has 0 saturated carbocycles. The molecule has 3 aromatic rings. The summed E-state index contributed by atoms with van der Waals surface area (Å²) in [5.41, 5.74) is 2.10. The van der Waals surface area contributed by atoms with Crippen LogP contribution in [-0.2, 0) is 11.2 Å². The van der Waals surface area contributed by atoms with E-state index in [-0.39, 0.29) is 18.1 Å². The van der Waals surface area contributed by atoms with Gasteiger partial charge in [-0.1, -0.05) is 23.4 Å². The molecule has 0 bridgehead atoms. The normalized spacial score (nSPS) is 10.5. The van der Waals surface area contributed by atoms with Gasteiger partial charge < -0.3 is 9.84 Å². The van der Waals surface area contributed by atoms with Crippen LogP contribution in [-0.4, -0.2) is 16.0 Å². The zero-order chi connectivity index (χ0) is 16.2. The first kappa shape index (κ1) is 14.9. The summed E-state index contributed by atoms with van der Waals surface area (Å²) >= 11 is 0. The highest BCUT2D eigenvalue weighted by atomic mass is 19.1. The predicted molar refractivity (Wildman–Crippen MR) is 83.2 cm³/mol. The van der Waals surface area contributed by atoms with Gasteiger partial charge in [0, 0.05) is 11.3 Å². The molecule has 0 aliphatic rings. The standard InChI is InChI=1S/C17H14FN3O2/c1-11-19-17(23-21-11)13-3-2-4-15(10-13)20-16(22)9-12-5-7-14(18)8-6-12/h2-8,10H,9H2,1H3,(H,20,22). The summed E-state index contributed by atoms with van der Waals surface area (Å²) in [6.45, 7) is 1.74. The number of carbonyl (C=O) groups excluding carboxylic acids is 1. The Morgan fingerprint density at radius 1 is 1.22 bits per heavy atom. The van der Waals surface area contributed by atoms with E-state index in [0.717, 1.165) is 11.1 Å². The van der Waals surface area contributed by atoms with Crippen LogP contribution in [0, 0.1) is 12.7 Å². The Morgan fingerprint density at radius 3 is 2.70 bits per heavy atom. The number of hydrogen-bond donors (Lipinski definition) is 1. The van der Waals surface area contributed by atoms with Crippen LogP contribution in [0.25, 0.3) is 11.5 Å². The summed E-state index contributed by atoms with van der Waals surface area (Å²) in [6, 6.07) is 13.0. The predicted octanol–water partition coefficient (Wildman–Crippen LogP) is 3.37. The molecule has 0 aliphatic carbocycles. The van der Waals surface area contributed by atoms with Crippen LogP contribution in [0.1, 0.15) is 11.4 Å². The van der Waals surface area contributed by atoms with E-state index in [0.29, 0.717) is 17.4 Å². The first-order valence-electron chi connectivity index (χ1n) is 7.05. The lowest BCUT2D eigenvalue weighted by Crippen LogP contribution is -2.14. The average Bonchev–Trinajstić information content (AvgIpc) is 2.96. The first-order valence-corrected chi connectivity index (χ1v) is 7.05. The van der Waals surface area contributed by atoms with Gasteiger partial charge in [-0.15, -0.1) is 0 Å². The molecule has 3 rings (SSSR count). The van der Waals surface area contributed by atoms with E-state index >= 15 is 0 Å². The SMILES string of the molecule is Cc1noc(-c2cccc(NC(=O)Cc3ccc(F)cc3)c2)n1. The molecule has 1 heterocycles. The zero-order valence-electron chi connectivity index (χ0n) is 12.4. The summed E-state index contributed by atoms with van der Waals surface area (Å²) in [4.78, 5) is 16.2. The number of carbonyl (C=O) groups is 1. The van der Waals surface area contributed by atoms with Crippen LogP contribution in [0.3, 0.4) is 0 Å². The van der Waals surface area contributed by atoms with Gasteiger partial charge in [0.15, 0.2) is 5.82 Å². The molecular formula is C17H14FN3O2. The Kier molecular flexibility index (Phi) is 4.14. The van der Waals surface area contributed by atoms with Gasteiger partial charge in [-0.25, -0.2) is 4.39 Å². The molecule has 0 spiro atoms. The Labute approximate surface area is 132 Å². The number of amides is 1. The zero-order valence-corrected chi connectivity index (χ0v) is 12.4. The number of aromatic nitrogens is 2. The van der Waals surface area contributed by atoms with Gasteiger partial charge in [0.05, 0.1) is 6.42 Å². The van der Waals surface area contributed by atoms with Gasteiger partial charge in [0.1, 0.15) is 5.82 Å². The molecule has 0 saturated heterocycles. The smallest absolute Gasteiger partial charge is 0.257 e. The number of rotatable bonds is 4. The molecule has 0 atom stereocenters. The number of benzene rings is 2. The Bertz CT molecular complexity index is 828. The van der Waals surface area contributed by atoms with Crippen molar-refractivity contribution in [3.05, 3.63) is 65.7 Å². The molecule has 116 valence electrons. The van der Waals surface area contributed by atoms with Crippen molar-refractivity contribution < 1.29 is 13.7 Å². The number of nitrogens with one attached hydrogen (secondary N) is 1. The number of hydrogen-bond acceptors (Lipinski definition) is 4. The monoisotopic (exact) mass is 311 g/mol. The molecule has 0 aliphatic heterocycles. The van der Waals surface area contributed by atoms with E-state index in [1.165, 1.54) is 12.1 Å². The lowest BCUT2D eigenvalue weighted by atomic mass is 10.1. The Hall–Kier alpha value is -3.02. The van der Waals surface area contributed by atoms with Gasteiger partial charge >= 0.3 is 0 Å². The number of nitrogens with zero attached hydrogens (tertiary/aromatic N) is 2. The summed E-state index contributed by atoms with van der Waals surface area (Å²) < 4.78 is 18.0. The summed E-state index contributed by atoms with van der Waals surface area (Å²) in [5, 5.41) is 6.54. The van der Waals surface area contributed by atoms with Crippen molar-refractivity contribution >= 4 is 11.6 Å². The minimum atomic E-state index is -0.322. The molecule has 6 heteroatoms. The van der Waals surface area contributed by atoms with Crippen molar-refractivity contribution in [3.8, 4) is 11.5 Å².